The van der Waals surface area contributed by atoms with Crippen molar-refractivity contribution in [2.75, 3.05) is 0 Å². The third-order valence-corrected chi connectivity index (χ3v) is 0.751. The Labute approximate surface area is 44.8 Å². The predicted molar refractivity (Wildman–Crippen MR) is 33.6 cm³/mol. The maximum Gasteiger partial charge on any atom is 0.0326 e. The van der Waals surface area contributed by atoms with E-state index in [1.807, 2.05) is 26.8 Å². The standard InChI is InChI=1S/C6H11N/c1-4-6(3)7-5-2/h4-5H,1-3H3/b6-4-,7-5?. The summed E-state index contributed by atoms with van der Waals surface area (Å²) in [5.74, 6) is 0. The van der Waals surface area contributed by atoms with Crippen LogP contribution in [-0.2, 0) is 0 Å². The molecule has 0 saturated carbocycles. The van der Waals surface area contributed by atoms with Crippen LogP contribution in [0.5, 0.6) is 0 Å². The molecule has 7 heavy (non-hydrogen) atoms. The number of aliphatic imine (C=N–C) groups is 1. The second-order valence-corrected chi connectivity index (χ2v) is 1.32. The van der Waals surface area contributed by atoms with E-state index in [1.165, 1.54) is 0 Å². The van der Waals surface area contributed by atoms with Gasteiger partial charge in [0.1, 0.15) is 0 Å². The summed E-state index contributed by atoms with van der Waals surface area (Å²) in [5.41, 5.74) is 1.07. The summed E-state index contributed by atoms with van der Waals surface area (Å²) in [6.45, 7) is 5.86. The first-order chi connectivity index (χ1) is 3.31. The maximum absolute atomic E-state index is 3.98. The van der Waals surface area contributed by atoms with Crippen LogP contribution in [0.3, 0.4) is 0 Å². The first kappa shape index (κ1) is 6.41. The first-order valence-corrected chi connectivity index (χ1v) is 2.43. The summed E-state index contributed by atoms with van der Waals surface area (Å²) in [5, 5.41) is 0. The van der Waals surface area contributed by atoms with Crippen molar-refractivity contribution >= 4 is 6.21 Å². The van der Waals surface area contributed by atoms with Crippen molar-refractivity contribution in [2.24, 2.45) is 4.99 Å². The Morgan fingerprint density at radius 2 is 2.00 bits per heavy atom. The van der Waals surface area contributed by atoms with Gasteiger partial charge < -0.3 is 0 Å². The van der Waals surface area contributed by atoms with E-state index in [-0.39, 0.29) is 0 Å². The Morgan fingerprint density at radius 3 is 2.14 bits per heavy atom. The largest absolute Gasteiger partial charge is 0.267 e. The Balaban J connectivity index is 3.58. The number of hydrogen-bond acceptors (Lipinski definition) is 1. The minimum absolute atomic E-state index is 1.07. The molecule has 0 N–H and O–H groups in total. The number of hydrogen-bond donors (Lipinski definition) is 0. The average molecular weight is 97.2 g/mol. The van der Waals surface area contributed by atoms with Gasteiger partial charge in [-0.25, -0.2) is 0 Å². The minimum atomic E-state index is 1.07. The molecule has 0 unspecified atom stereocenters. The third-order valence-electron chi connectivity index (χ3n) is 0.751. The molecule has 1 nitrogen and oxygen atoms in total. The van der Waals surface area contributed by atoms with Crippen LogP contribution in [0.4, 0.5) is 0 Å². The van der Waals surface area contributed by atoms with Crippen LogP contribution >= 0.6 is 0 Å². The van der Waals surface area contributed by atoms with Crippen LogP contribution in [0.15, 0.2) is 16.8 Å². The quantitative estimate of drug-likeness (QED) is 0.444. The molecule has 40 valence electrons. The highest BCUT2D eigenvalue weighted by Crippen LogP contribution is 1.89. The smallest absolute Gasteiger partial charge is 0.0326 e. The molecule has 0 atom stereocenters. The maximum atomic E-state index is 3.98. The van der Waals surface area contributed by atoms with E-state index in [1.54, 1.807) is 6.21 Å². The van der Waals surface area contributed by atoms with Gasteiger partial charge in [-0.15, -0.1) is 0 Å². The van der Waals surface area contributed by atoms with Crippen molar-refractivity contribution in [1.29, 1.82) is 0 Å². The molecule has 0 aromatic heterocycles. The highest BCUT2D eigenvalue weighted by atomic mass is 14.7. The van der Waals surface area contributed by atoms with E-state index < -0.39 is 0 Å². The van der Waals surface area contributed by atoms with Gasteiger partial charge in [0.05, 0.1) is 0 Å². The Kier molecular flexibility index (Phi) is 3.29. The summed E-state index contributed by atoms with van der Waals surface area (Å²) in [4.78, 5) is 3.98. The van der Waals surface area contributed by atoms with Crippen molar-refractivity contribution < 1.29 is 0 Å². The van der Waals surface area contributed by atoms with Crippen molar-refractivity contribution in [3.05, 3.63) is 11.8 Å². The van der Waals surface area contributed by atoms with Gasteiger partial charge in [0.25, 0.3) is 0 Å². The van der Waals surface area contributed by atoms with Crippen LogP contribution < -0.4 is 0 Å². The van der Waals surface area contributed by atoms with E-state index in [2.05, 4.69) is 4.99 Å². The second-order valence-electron chi connectivity index (χ2n) is 1.32. The first-order valence-electron chi connectivity index (χ1n) is 2.43. The van der Waals surface area contributed by atoms with Gasteiger partial charge in [-0.2, -0.15) is 0 Å². The molecular formula is C6H11N. The van der Waals surface area contributed by atoms with Crippen LogP contribution in [0.1, 0.15) is 20.8 Å². The lowest BCUT2D eigenvalue weighted by Gasteiger charge is -1.81. The van der Waals surface area contributed by atoms with Gasteiger partial charge >= 0.3 is 0 Å². The molecule has 0 aliphatic heterocycles. The van der Waals surface area contributed by atoms with E-state index in [4.69, 9.17) is 0 Å². The average Bonchev–Trinajstić information content (AvgIpc) is 1.68. The zero-order valence-electron chi connectivity index (χ0n) is 5.10. The molecule has 1 heteroatoms. The van der Waals surface area contributed by atoms with Crippen LogP contribution in [0, 0.1) is 0 Å². The topological polar surface area (TPSA) is 12.4 Å². The molecule has 0 saturated heterocycles. The molecule has 0 aromatic rings. The molecule has 0 spiro atoms. The normalized spacial score (nSPS) is 13.3. The van der Waals surface area contributed by atoms with Gasteiger partial charge in [-0.1, -0.05) is 6.08 Å². The summed E-state index contributed by atoms with van der Waals surface area (Å²) in [7, 11) is 0. The summed E-state index contributed by atoms with van der Waals surface area (Å²) in [6, 6.07) is 0. The fourth-order valence-electron chi connectivity index (χ4n) is 0.278. The monoisotopic (exact) mass is 97.1 g/mol. The lowest BCUT2D eigenvalue weighted by molar-refractivity contribution is 1.29. The molecule has 0 aromatic carbocycles. The molecule has 0 bridgehead atoms. The Bertz CT molecular complexity index is 90.4. The number of rotatable bonds is 1. The second kappa shape index (κ2) is 3.59. The Hall–Kier alpha value is -0.590. The Morgan fingerprint density at radius 1 is 1.43 bits per heavy atom. The zero-order chi connectivity index (χ0) is 5.70. The fraction of sp³-hybridized carbons (Fsp3) is 0.500. The lowest BCUT2D eigenvalue weighted by atomic mass is 10.5. The van der Waals surface area contributed by atoms with Crippen molar-refractivity contribution in [3.8, 4) is 0 Å². The van der Waals surface area contributed by atoms with E-state index in [0.717, 1.165) is 5.70 Å². The predicted octanol–water partition coefficient (Wildman–Crippen LogP) is 2.00. The molecule has 0 aliphatic rings. The lowest BCUT2D eigenvalue weighted by Crippen LogP contribution is -1.64. The molecule has 0 rings (SSSR count). The molecule has 0 amide bonds. The van der Waals surface area contributed by atoms with Crippen LogP contribution in [0.2, 0.25) is 0 Å². The van der Waals surface area contributed by atoms with E-state index in [0.29, 0.717) is 0 Å². The SMILES string of the molecule is CC=N/C(C)=C\C. The molecule has 0 aliphatic carbocycles. The zero-order valence-corrected chi connectivity index (χ0v) is 5.10. The molecule has 0 radical (unpaired) electrons. The molecule has 0 fully saturated rings. The minimum Gasteiger partial charge on any atom is -0.267 e. The van der Waals surface area contributed by atoms with E-state index >= 15 is 0 Å². The summed E-state index contributed by atoms with van der Waals surface area (Å²) in [6.07, 6.45) is 3.76. The third kappa shape index (κ3) is 3.23. The highest BCUT2D eigenvalue weighted by molar-refractivity contribution is 5.54. The van der Waals surface area contributed by atoms with Gasteiger partial charge in [0.15, 0.2) is 0 Å². The van der Waals surface area contributed by atoms with Gasteiger partial charge in [-0.3, -0.25) is 4.99 Å². The van der Waals surface area contributed by atoms with E-state index in [9.17, 15) is 0 Å². The molecular weight excluding hydrogens is 86.1 g/mol. The van der Waals surface area contributed by atoms with Crippen LogP contribution in [-0.4, -0.2) is 6.21 Å². The number of allylic oxidation sites excluding steroid dienone is 2. The number of nitrogens with zero attached hydrogens (tertiary/aromatic N) is 1. The van der Waals surface area contributed by atoms with Crippen molar-refractivity contribution in [1.82, 2.24) is 0 Å². The molecule has 0 heterocycles. The summed E-state index contributed by atoms with van der Waals surface area (Å²) >= 11 is 0. The van der Waals surface area contributed by atoms with Crippen molar-refractivity contribution in [3.63, 3.8) is 0 Å². The fourth-order valence-corrected chi connectivity index (χ4v) is 0.278. The van der Waals surface area contributed by atoms with Gasteiger partial charge in [0, 0.05) is 11.9 Å². The van der Waals surface area contributed by atoms with Crippen molar-refractivity contribution in [2.45, 2.75) is 20.8 Å². The van der Waals surface area contributed by atoms with Crippen LogP contribution in [0.25, 0.3) is 0 Å². The summed E-state index contributed by atoms with van der Waals surface area (Å²) < 4.78 is 0. The highest BCUT2D eigenvalue weighted by Gasteiger charge is 1.70. The van der Waals surface area contributed by atoms with Gasteiger partial charge in [0.2, 0.25) is 0 Å². The van der Waals surface area contributed by atoms with Gasteiger partial charge in [-0.05, 0) is 20.8 Å².